The lowest BCUT2D eigenvalue weighted by molar-refractivity contribution is -0.142. The van der Waals surface area contributed by atoms with Crippen molar-refractivity contribution in [1.29, 1.82) is 0 Å². The maximum Gasteiger partial charge on any atom is 0.315 e. The van der Waals surface area contributed by atoms with Crippen LogP contribution in [-0.2, 0) is 11.8 Å². The first-order chi connectivity index (χ1) is 12.9. The van der Waals surface area contributed by atoms with Crippen molar-refractivity contribution in [3.63, 3.8) is 0 Å². The molecule has 1 saturated carbocycles. The fraction of sp³-hybridized carbons (Fsp3) is 0.421. The van der Waals surface area contributed by atoms with Gasteiger partial charge in [-0.25, -0.2) is 14.2 Å². The van der Waals surface area contributed by atoms with Crippen LogP contribution < -0.4 is 10.6 Å². The van der Waals surface area contributed by atoms with Crippen LogP contribution in [0.2, 0.25) is 0 Å². The van der Waals surface area contributed by atoms with Gasteiger partial charge >= 0.3 is 12.0 Å². The molecular weight excluding hydrogens is 351 g/mol. The number of nitrogens with zero attached hydrogens (tertiary/aromatic N) is 2. The minimum Gasteiger partial charge on any atom is -0.481 e. The zero-order valence-electron chi connectivity index (χ0n) is 15.1. The Bertz CT molecular complexity index is 815. The highest BCUT2D eigenvalue weighted by molar-refractivity contribution is 5.75. The number of halogens is 1. The number of carbonyl (C=O) groups excluding carboxylic acids is 1. The van der Waals surface area contributed by atoms with Crippen molar-refractivity contribution in [3.8, 4) is 0 Å². The molecule has 1 unspecified atom stereocenters. The number of aryl methyl sites for hydroxylation is 1. The zero-order chi connectivity index (χ0) is 19.4. The van der Waals surface area contributed by atoms with E-state index >= 15 is 0 Å². The van der Waals surface area contributed by atoms with E-state index in [1.165, 1.54) is 12.1 Å². The van der Waals surface area contributed by atoms with Crippen LogP contribution in [0.5, 0.6) is 0 Å². The maximum atomic E-state index is 13.7. The molecule has 27 heavy (non-hydrogen) atoms. The molecule has 144 valence electrons. The van der Waals surface area contributed by atoms with Gasteiger partial charge < -0.3 is 20.3 Å². The van der Waals surface area contributed by atoms with E-state index in [1.54, 1.807) is 36.1 Å². The SMILES string of the molecule is Cn1ccnc1C(NC(=O)NC1CCC(C(=O)O)CC1)c1cccc(F)c1. The molecule has 1 aromatic heterocycles. The number of urea groups is 1. The Morgan fingerprint density at radius 1 is 1.30 bits per heavy atom. The Morgan fingerprint density at radius 3 is 2.63 bits per heavy atom. The fourth-order valence-corrected chi connectivity index (χ4v) is 3.48. The summed E-state index contributed by atoms with van der Waals surface area (Å²) < 4.78 is 15.4. The number of carboxylic acids is 1. The summed E-state index contributed by atoms with van der Waals surface area (Å²) in [5, 5.41) is 14.8. The number of aromatic nitrogens is 2. The Balaban J connectivity index is 1.68. The van der Waals surface area contributed by atoms with Crippen LogP contribution >= 0.6 is 0 Å². The van der Waals surface area contributed by atoms with Gasteiger partial charge in [0.15, 0.2) is 0 Å². The smallest absolute Gasteiger partial charge is 0.315 e. The second kappa shape index (κ2) is 8.20. The monoisotopic (exact) mass is 374 g/mol. The minimum atomic E-state index is -0.779. The number of rotatable bonds is 5. The van der Waals surface area contributed by atoms with Crippen LogP contribution in [0.3, 0.4) is 0 Å². The molecular formula is C19H23FN4O3. The van der Waals surface area contributed by atoms with Gasteiger partial charge in [0, 0.05) is 25.5 Å². The van der Waals surface area contributed by atoms with E-state index in [9.17, 15) is 14.0 Å². The first kappa shape index (κ1) is 18.9. The van der Waals surface area contributed by atoms with Crippen molar-refractivity contribution in [1.82, 2.24) is 20.2 Å². The van der Waals surface area contributed by atoms with Gasteiger partial charge in [0.25, 0.3) is 0 Å². The Morgan fingerprint density at radius 2 is 2.04 bits per heavy atom. The minimum absolute atomic E-state index is 0.0740. The number of nitrogens with one attached hydrogen (secondary N) is 2. The molecule has 0 saturated heterocycles. The van der Waals surface area contributed by atoms with E-state index < -0.39 is 12.0 Å². The van der Waals surface area contributed by atoms with Crippen molar-refractivity contribution < 1.29 is 19.1 Å². The molecule has 1 fully saturated rings. The normalized spacial score (nSPS) is 20.7. The summed E-state index contributed by atoms with van der Waals surface area (Å²) in [5.74, 6) is -0.913. The van der Waals surface area contributed by atoms with Crippen molar-refractivity contribution in [2.24, 2.45) is 13.0 Å². The van der Waals surface area contributed by atoms with Gasteiger partial charge in [-0.2, -0.15) is 0 Å². The summed E-state index contributed by atoms with van der Waals surface area (Å²) in [7, 11) is 1.81. The van der Waals surface area contributed by atoms with Gasteiger partial charge in [-0.1, -0.05) is 12.1 Å². The Kier molecular flexibility index (Phi) is 5.73. The standard InChI is InChI=1S/C19H23FN4O3/c1-24-10-9-21-17(24)16(13-3-2-4-14(20)11-13)23-19(27)22-15-7-5-12(6-8-15)18(25)26/h2-4,9-12,15-16H,5-8H2,1H3,(H,25,26)(H2,22,23,27). The van der Waals surface area contributed by atoms with Crippen molar-refractivity contribution in [3.05, 3.63) is 53.9 Å². The molecule has 0 aliphatic heterocycles. The lowest BCUT2D eigenvalue weighted by Crippen LogP contribution is -2.45. The highest BCUT2D eigenvalue weighted by Gasteiger charge is 2.28. The number of imidazole rings is 1. The molecule has 3 N–H and O–H groups in total. The van der Waals surface area contributed by atoms with Crippen LogP contribution in [-0.4, -0.2) is 32.7 Å². The highest BCUT2D eigenvalue weighted by atomic mass is 19.1. The van der Waals surface area contributed by atoms with E-state index in [0.717, 1.165) is 0 Å². The maximum absolute atomic E-state index is 13.7. The van der Waals surface area contributed by atoms with Gasteiger partial charge in [0.05, 0.1) is 5.92 Å². The average molecular weight is 374 g/mol. The highest BCUT2D eigenvalue weighted by Crippen LogP contribution is 2.25. The van der Waals surface area contributed by atoms with Gasteiger partial charge in [0.2, 0.25) is 0 Å². The third kappa shape index (κ3) is 4.64. The van der Waals surface area contributed by atoms with Crippen LogP contribution in [0, 0.1) is 11.7 Å². The summed E-state index contributed by atoms with van der Waals surface area (Å²) in [6.45, 7) is 0. The molecule has 1 heterocycles. The summed E-state index contributed by atoms with van der Waals surface area (Å²) in [6, 6.07) is 4.99. The molecule has 2 amide bonds. The first-order valence-electron chi connectivity index (χ1n) is 8.96. The number of hydrogen-bond acceptors (Lipinski definition) is 3. The predicted octanol–water partition coefficient (Wildman–Crippen LogP) is 2.59. The summed E-state index contributed by atoms with van der Waals surface area (Å²) in [6.07, 6.45) is 5.72. The number of carboxylic acid groups (broad SMARTS) is 1. The van der Waals surface area contributed by atoms with Crippen molar-refractivity contribution in [2.75, 3.05) is 0 Å². The van der Waals surface area contributed by atoms with E-state index in [-0.39, 0.29) is 23.8 Å². The van der Waals surface area contributed by atoms with E-state index in [2.05, 4.69) is 15.6 Å². The molecule has 0 radical (unpaired) electrons. The topological polar surface area (TPSA) is 96.3 Å². The zero-order valence-corrected chi connectivity index (χ0v) is 15.1. The fourth-order valence-electron chi connectivity index (χ4n) is 3.48. The third-order valence-electron chi connectivity index (χ3n) is 4.99. The molecule has 1 atom stereocenters. The molecule has 0 bridgehead atoms. The van der Waals surface area contributed by atoms with E-state index in [0.29, 0.717) is 37.1 Å². The Hall–Kier alpha value is -2.90. The van der Waals surface area contributed by atoms with E-state index in [4.69, 9.17) is 5.11 Å². The van der Waals surface area contributed by atoms with Crippen LogP contribution in [0.1, 0.15) is 43.1 Å². The largest absolute Gasteiger partial charge is 0.481 e. The van der Waals surface area contributed by atoms with Gasteiger partial charge in [-0.05, 0) is 43.4 Å². The number of amides is 2. The lowest BCUT2D eigenvalue weighted by Gasteiger charge is -2.28. The van der Waals surface area contributed by atoms with Crippen LogP contribution in [0.25, 0.3) is 0 Å². The number of aliphatic carboxylic acids is 1. The molecule has 2 aromatic rings. The van der Waals surface area contributed by atoms with Crippen molar-refractivity contribution in [2.45, 2.75) is 37.8 Å². The number of carbonyl (C=O) groups is 2. The number of benzene rings is 1. The summed E-state index contributed by atoms with van der Waals surface area (Å²) >= 11 is 0. The molecule has 0 spiro atoms. The molecule has 8 heteroatoms. The van der Waals surface area contributed by atoms with Crippen LogP contribution in [0.15, 0.2) is 36.7 Å². The molecule has 1 aliphatic carbocycles. The van der Waals surface area contributed by atoms with Gasteiger partial charge in [-0.3, -0.25) is 4.79 Å². The van der Waals surface area contributed by atoms with Gasteiger partial charge in [-0.15, -0.1) is 0 Å². The molecule has 7 nitrogen and oxygen atoms in total. The second-order valence-electron chi connectivity index (χ2n) is 6.89. The molecule has 3 rings (SSSR count). The summed E-state index contributed by atoms with van der Waals surface area (Å²) in [4.78, 5) is 27.9. The van der Waals surface area contributed by atoms with Crippen molar-refractivity contribution >= 4 is 12.0 Å². The van der Waals surface area contributed by atoms with Gasteiger partial charge in [0.1, 0.15) is 17.7 Å². The summed E-state index contributed by atoms with van der Waals surface area (Å²) in [5.41, 5.74) is 0.592. The average Bonchev–Trinajstić information content (AvgIpc) is 3.06. The van der Waals surface area contributed by atoms with E-state index in [1.807, 2.05) is 0 Å². The Labute approximate surface area is 156 Å². The lowest BCUT2D eigenvalue weighted by atomic mass is 9.86. The predicted molar refractivity (Wildman–Crippen MR) is 96.5 cm³/mol. The third-order valence-corrected chi connectivity index (χ3v) is 4.99. The quantitative estimate of drug-likeness (QED) is 0.749. The molecule has 1 aromatic carbocycles. The number of hydrogen-bond donors (Lipinski definition) is 3. The first-order valence-corrected chi connectivity index (χ1v) is 8.96. The van der Waals surface area contributed by atoms with Crippen LogP contribution in [0.4, 0.5) is 9.18 Å². The molecule has 1 aliphatic rings. The second-order valence-corrected chi connectivity index (χ2v) is 6.89.